The number of aryl methyl sites for hydroxylation is 1. The van der Waals surface area contributed by atoms with Gasteiger partial charge in [0.25, 0.3) is 5.91 Å². The van der Waals surface area contributed by atoms with Gasteiger partial charge in [0, 0.05) is 31.6 Å². The number of pyridine rings is 1. The van der Waals surface area contributed by atoms with Crippen molar-refractivity contribution in [1.82, 2.24) is 9.88 Å². The molecular weight excluding hydrogens is 336 g/mol. The van der Waals surface area contributed by atoms with Crippen LogP contribution in [-0.4, -0.2) is 42.3 Å². The lowest BCUT2D eigenvalue weighted by Gasteiger charge is -2.29. The first-order valence-corrected chi connectivity index (χ1v) is 8.37. The second-order valence-electron chi connectivity index (χ2n) is 6.32. The largest absolute Gasteiger partial charge is 0.454 e. The highest BCUT2D eigenvalue weighted by Gasteiger charge is 2.25. The van der Waals surface area contributed by atoms with Crippen LogP contribution in [0.3, 0.4) is 0 Å². The summed E-state index contributed by atoms with van der Waals surface area (Å²) in [5.74, 6) is 1.00. The van der Waals surface area contributed by atoms with Crippen LogP contribution in [0.2, 0.25) is 0 Å². The molecule has 2 heterocycles. The molecule has 7 heteroatoms. The molecule has 1 unspecified atom stereocenters. The first-order chi connectivity index (χ1) is 12.5. The van der Waals surface area contributed by atoms with Gasteiger partial charge in [-0.2, -0.15) is 0 Å². The van der Waals surface area contributed by atoms with Gasteiger partial charge in [-0.3, -0.25) is 9.59 Å². The average Bonchev–Trinajstić information content (AvgIpc) is 3.07. The van der Waals surface area contributed by atoms with Crippen LogP contribution in [0.1, 0.15) is 28.5 Å². The van der Waals surface area contributed by atoms with Crippen LogP contribution in [0, 0.1) is 6.92 Å². The highest BCUT2D eigenvalue weighted by Crippen LogP contribution is 2.33. The van der Waals surface area contributed by atoms with E-state index in [9.17, 15) is 9.59 Å². The molecule has 0 aliphatic carbocycles. The minimum Gasteiger partial charge on any atom is -0.454 e. The number of H-pyrrole nitrogens is 1. The van der Waals surface area contributed by atoms with Crippen LogP contribution in [0.4, 0.5) is 0 Å². The number of aromatic amines is 1. The number of aromatic nitrogens is 1. The number of nitrogens with one attached hydrogen (secondary N) is 1. The molecule has 0 bridgehead atoms. The highest BCUT2D eigenvalue weighted by atomic mass is 16.7. The summed E-state index contributed by atoms with van der Waals surface area (Å²) >= 11 is 0. The number of ether oxygens (including phenoxy) is 3. The van der Waals surface area contributed by atoms with E-state index in [-0.39, 0.29) is 29.7 Å². The Hall–Kier alpha value is -2.80. The Balaban J connectivity index is 1.89. The van der Waals surface area contributed by atoms with Gasteiger partial charge in [0.1, 0.15) is 5.56 Å². The number of hydrogen-bond acceptors (Lipinski definition) is 5. The monoisotopic (exact) mass is 358 g/mol. The average molecular weight is 358 g/mol. The summed E-state index contributed by atoms with van der Waals surface area (Å²) < 4.78 is 15.9. The SMILES string of the molecule is COCC(C)N(Cc1ccc2c(c1)OCO2)C(=O)c1c[nH]c(C)cc1=O. The fraction of sp³-hybridized carbons (Fsp3) is 0.368. The molecule has 1 aliphatic heterocycles. The zero-order valence-electron chi connectivity index (χ0n) is 15.1. The number of methoxy groups -OCH3 is 1. The fourth-order valence-corrected chi connectivity index (χ4v) is 2.89. The van der Waals surface area contributed by atoms with E-state index in [2.05, 4.69) is 4.98 Å². The molecule has 1 N–H and O–H groups in total. The van der Waals surface area contributed by atoms with Crippen molar-refractivity contribution >= 4 is 5.91 Å². The second kappa shape index (κ2) is 7.61. The van der Waals surface area contributed by atoms with Gasteiger partial charge < -0.3 is 24.1 Å². The van der Waals surface area contributed by atoms with Crippen molar-refractivity contribution < 1.29 is 19.0 Å². The third kappa shape index (κ3) is 3.72. The Bertz CT molecular complexity index is 861. The normalized spacial score (nSPS) is 13.5. The molecule has 3 rings (SSSR count). The van der Waals surface area contributed by atoms with Crippen LogP contribution in [0.5, 0.6) is 11.5 Å². The predicted molar refractivity (Wildman–Crippen MR) is 95.6 cm³/mol. The number of fused-ring (bicyclic) bond motifs is 1. The Morgan fingerprint density at radius 1 is 1.31 bits per heavy atom. The van der Waals surface area contributed by atoms with Crippen molar-refractivity contribution in [3.8, 4) is 11.5 Å². The third-order valence-corrected chi connectivity index (χ3v) is 4.28. The van der Waals surface area contributed by atoms with E-state index in [0.717, 1.165) is 5.56 Å². The topological polar surface area (TPSA) is 80.9 Å². The summed E-state index contributed by atoms with van der Waals surface area (Å²) in [6, 6.07) is 6.76. The van der Waals surface area contributed by atoms with E-state index in [1.54, 1.807) is 18.9 Å². The van der Waals surface area contributed by atoms with Crippen LogP contribution in [-0.2, 0) is 11.3 Å². The maximum atomic E-state index is 13.0. The van der Waals surface area contributed by atoms with Gasteiger partial charge in [0.15, 0.2) is 16.9 Å². The van der Waals surface area contributed by atoms with Crippen LogP contribution >= 0.6 is 0 Å². The van der Waals surface area contributed by atoms with E-state index in [1.807, 2.05) is 25.1 Å². The molecule has 2 aromatic rings. The standard InChI is InChI=1S/C19H22N2O5/c1-12-6-16(22)15(8-20-12)19(23)21(13(2)10-24-3)9-14-4-5-17-18(7-14)26-11-25-17/h4-8,13H,9-11H2,1-3H3,(H,20,22). The van der Waals surface area contributed by atoms with Crippen molar-refractivity contribution in [2.24, 2.45) is 0 Å². The summed E-state index contributed by atoms with van der Waals surface area (Å²) in [5, 5.41) is 0. The van der Waals surface area contributed by atoms with Crippen molar-refractivity contribution in [2.45, 2.75) is 26.4 Å². The van der Waals surface area contributed by atoms with Crippen LogP contribution < -0.4 is 14.9 Å². The second-order valence-corrected chi connectivity index (χ2v) is 6.32. The van der Waals surface area contributed by atoms with E-state index >= 15 is 0 Å². The summed E-state index contributed by atoms with van der Waals surface area (Å²) in [7, 11) is 1.58. The van der Waals surface area contributed by atoms with Gasteiger partial charge in [-0.25, -0.2) is 0 Å². The summed E-state index contributed by atoms with van der Waals surface area (Å²) in [4.78, 5) is 29.8. The predicted octanol–water partition coefficient (Wildman–Crippen LogP) is 2.09. The lowest BCUT2D eigenvalue weighted by atomic mass is 10.1. The third-order valence-electron chi connectivity index (χ3n) is 4.28. The number of amides is 1. The number of rotatable bonds is 6. The maximum Gasteiger partial charge on any atom is 0.259 e. The molecule has 0 radical (unpaired) electrons. The summed E-state index contributed by atoms with van der Waals surface area (Å²) in [6.07, 6.45) is 1.46. The maximum absolute atomic E-state index is 13.0. The van der Waals surface area contributed by atoms with Crippen molar-refractivity contribution in [3.63, 3.8) is 0 Å². The summed E-state index contributed by atoms with van der Waals surface area (Å²) in [5.41, 5.74) is 1.40. The molecule has 1 aliphatic rings. The quantitative estimate of drug-likeness (QED) is 0.855. The van der Waals surface area contributed by atoms with E-state index in [1.165, 1.54) is 12.3 Å². The number of carbonyl (C=O) groups is 1. The smallest absolute Gasteiger partial charge is 0.259 e. The Kier molecular flexibility index (Phi) is 5.27. The zero-order valence-corrected chi connectivity index (χ0v) is 15.1. The molecule has 26 heavy (non-hydrogen) atoms. The van der Waals surface area contributed by atoms with Crippen molar-refractivity contribution in [1.29, 1.82) is 0 Å². The molecular formula is C19H22N2O5. The van der Waals surface area contributed by atoms with E-state index in [4.69, 9.17) is 14.2 Å². The first kappa shape index (κ1) is 18.0. The summed E-state index contributed by atoms with van der Waals surface area (Å²) in [6.45, 7) is 4.54. The Morgan fingerprint density at radius 3 is 2.81 bits per heavy atom. The Labute approximate surface area is 151 Å². The van der Waals surface area contributed by atoms with Gasteiger partial charge >= 0.3 is 0 Å². The van der Waals surface area contributed by atoms with E-state index < -0.39 is 0 Å². The number of hydrogen-bond donors (Lipinski definition) is 1. The molecule has 0 fully saturated rings. The molecule has 138 valence electrons. The van der Waals surface area contributed by atoms with Gasteiger partial charge in [-0.1, -0.05) is 6.07 Å². The number of nitrogens with zero attached hydrogens (tertiary/aromatic N) is 1. The molecule has 0 spiro atoms. The molecule has 7 nitrogen and oxygen atoms in total. The molecule has 1 atom stereocenters. The molecule has 0 saturated heterocycles. The molecule has 1 aromatic heterocycles. The van der Waals surface area contributed by atoms with Gasteiger partial charge in [-0.15, -0.1) is 0 Å². The van der Waals surface area contributed by atoms with Gasteiger partial charge in [0.2, 0.25) is 6.79 Å². The number of benzene rings is 1. The zero-order chi connectivity index (χ0) is 18.7. The molecule has 0 saturated carbocycles. The van der Waals surface area contributed by atoms with Crippen molar-refractivity contribution in [3.05, 3.63) is 57.5 Å². The van der Waals surface area contributed by atoms with E-state index in [0.29, 0.717) is 30.3 Å². The van der Waals surface area contributed by atoms with Gasteiger partial charge in [0.05, 0.1) is 12.6 Å². The van der Waals surface area contributed by atoms with Crippen LogP contribution in [0.25, 0.3) is 0 Å². The van der Waals surface area contributed by atoms with Crippen LogP contribution in [0.15, 0.2) is 35.3 Å². The minimum absolute atomic E-state index is 0.110. The van der Waals surface area contributed by atoms with Crippen molar-refractivity contribution in [2.75, 3.05) is 20.5 Å². The number of carbonyl (C=O) groups excluding carboxylic acids is 1. The first-order valence-electron chi connectivity index (χ1n) is 8.37. The fourth-order valence-electron chi connectivity index (χ4n) is 2.89. The van der Waals surface area contributed by atoms with Gasteiger partial charge in [-0.05, 0) is 31.5 Å². The Morgan fingerprint density at radius 2 is 2.08 bits per heavy atom. The minimum atomic E-state index is -0.339. The molecule has 1 aromatic carbocycles. The lowest BCUT2D eigenvalue weighted by Crippen LogP contribution is -2.42. The lowest BCUT2D eigenvalue weighted by molar-refractivity contribution is 0.0540. The highest BCUT2D eigenvalue weighted by molar-refractivity contribution is 5.94. The molecule has 1 amide bonds.